The van der Waals surface area contributed by atoms with Crippen molar-refractivity contribution in [3.8, 4) is 23.2 Å². The molecule has 0 radical (unpaired) electrons. The SMILES string of the molecule is Cc1cc(-c2noc(CN)n2)cc(C#N)c1O. The minimum absolute atomic E-state index is 0.0289. The van der Waals surface area contributed by atoms with E-state index >= 15 is 0 Å². The van der Waals surface area contributed by atoms with Crippen LogP contribution in [0.4, 0.5) is 0 Å². The van der Waals surface area contributed by atoms with Gasteiger partial charge >= 0.3 is 0 Å². The Bertz CT molecular complexity index is 598. The largest absolute Gasteiger partial charge is 0.506 e. The van der Waals surface area contributed by atoms with E-state index in [-0.39, 0.29) is 17.9 Å². The van der Waals surface area contributed by atoms with Gasteiger partial charge in [0, 0.05) is 5.56 Å². The molecule has 0 fully saturated rings. The highest BCUT2D eigenvalue weighted by Crippen LogP contribution is 2.27. The van der Waals surface area contributed by atoms with Gasteiger partial charge in [0.15, 0.2) is 0 Å². The zero-order valence-electron chi connectivity index (χ0n) is 9.14. The molecule has 1 aromatic heterocycles. The number of nitriles is 1. The summed E-state index contributed by atoms with van der Waals surface area (Å²) in [4.78, 5) is 4.05. The van der Waals surface area contributed by atoms with Crippen molar-refractivity contribution in [2.24, 2.45) is 5.73 Å². The maximum absolute atomic E-state index is 9.61. The normalized spacial score (nSPS) is 10.2. The molecule has 0 bridgehead atoms. The third-order valence-corrected chi connectivity index (χ3v) is 2.32. The van der Waals surface area contributed by atoms with E-state index < -0.39 is 0 Å². The second kappa shape index (κ2) is 4.23. The van der Waals surface area contributed by atoms with Crippen LogP contribution in [0, 0.1) is 18.3 Å². The summed E-state index contributed by atoms with van der Waals surface area (Å²) in [7, 11) is 0. The molecule has 6 heteroatoms. The van der Waals surface area contributed by atoms with E-state index in [0.29, 0.717) is 22.8 Å². The molecule has 1 heterocycles. The summed E-state index contributed by atoms with van der Waals surface area (Å²) in [5.74, 6) is 0.646. The molecule has 0 saturated heterocycles. The Morgan fingerprint density at radius 3 is 2.88 bits per heavy atom. The molecule has 0 aliphatic rings. The van der Waals surface area contributed by atoms with Crippen LogP contribution >= 0.6 is 0 Å². The van der Waals surface area contributed by atoms with Crippen molar-refractivity contribution in [3.63, 3.8) is 0 Å². The van der Waals surface area contributed by atoms with E-state index in [2.05, 4.69) is 10.1 Å². The van der Waals surface area contributed by atoms with Gasteiger partial charge in [0.25, 0.3) is 0 Å². The summed E-state index contributed by atoms with van der Waals surface area (Å²) in [6, 6.07) is 5.10. The third-order valence-electron chi connectivity index (χ3n) is 2.32. The molecule has 0 aliphatic heterocycles. The van der Waals surface area contributed by atoms with E-state index in [0.717, 1.165) is 0 Å². The molecule has 17 heavy (non-hydrogen) atoms. The Hall–Kier alpha value is -2.39. The van der Waals surface area contributed by atoms with Crippen molar-refractivity contribution in [2.45, 2.75) is 13.5 Å². The standard InChI is InChI=1S/C11H10N4O2/c1-6-2-7(3-8(4-12)10(6)16)11-14-9(5-13)17-15-11/h2-3,16H,5,13H2,1H3. The molecule has 0 saturated carbocycles. The van der Waals surface area contributed by atoms with Gasteiger partial charge in [-0.3, -0.25) is 0 Å². The summed E-state index contributed by atoms with van der Waals surface area (Å²) < 4.78 is 4.88. The number of hydrogen-bond acceptors (Lipinski definition) is 6. The fraction of sp³-hybridized carbons (Fsp3) is 0.182. The molecule has 0 aliphatic carbocycles. The van der Waals surface area contributed by atoms with Crippen LogP contribution in [-0.2, 0) is 6.54 Å². The fourth-order valence-electron chi connectivity index (χ4n) is 1.45. The molecule has 0 atom stereocenters. The van der Waals surface area contributed by atoms with Gasteiger partial charge in [-0.25, -0.2) is 0 Å². The molecular formula is C11H10N4O2. The number of aromatic nitrogens is 2. The first-order valence-electron chi connectivity index (χ1n) is 4.92. The third kappa shape index (κ3) is 1.96. The average Bonchev–Trinajstić information content (AvgIpc) is 2.81. The maximum Gasteiger partial charge on any atom is 0.240 e. The first kappa shape index (κ1) is 11.1. The van der Waals surface area contributed by atoms with Crippen LogP contribution in [0.1, 0.15) is 17.0 Å². The average molecular weight is 230 g/mol. The summed E-state index contributed by atoms with van der Waals surface area (Å²) >= 11 is 0. The summed E-state index contributed by atoms with van der Waals surface area (Å²) in [6.07, 6.45) is 0. The van der Waals surface area contributed by atoms with Gasteiger partial charge in [0.1, 0.15) is 11.8 Å². The number of nitrogens with two attached hydrogens (primary N) is 1. The minimum atomic E-state index is -0.0289. The number of phenolic OH excluding ortho intramolecular Hbond substituents is 1. The molecule has 2 aromatic rings. The van der Waals surface area contributed by atoms with Gasteiger partial charge in [-0.2, -0.15) is 10.2 Å². The van der Waals surface area contributed by atoms with Crippen molar-refractivity contribution in [3.05, 3.63) is 29.2 Å². The lowest BCUT2D eigenvalue weighted by atomic mass is 10.1. The highest BCUT2D eigenvalue weighted by atomic mass is 16.5. The number of nitrogens with zero attached hydrogens (tertiary/aromatic N) is 3. The van der Waals surface area contributed by atoms with Crippen LogP contribution in [0.3, 0.4) is 0 Å². The first-order chi connectivity index (χ1) is 8.15. The van der Waals surface area contributed by atoms with E-state index in [1.807, 2.05) is 6.07 Å². The molecular weight excluding hydrogens is 220 g/mol. The van der Waals surface area contributed by atoms with Gasteiger partial charge in [0.05, 0.1) is 12.1 Å². The van der Waals surface area contributed by atoms with Gasteiger partial charge < -0.3 is 15.4 Å². The van der Waals surface area contributed by atoms with Crippen molar-refractivity contribution < 1.29 is 9.63 Å². The van der Waals surface area contributed by atoms with Crippen molar-refractivity contribution in [1.29, 1.82) is 5.26 Å². The Balaban J connectivity index is 2.53. The minimum Gasteiger partial charge on any atom is -0.506 e. The van der Waals surface area contributed by atoms with E-state index in [4.69, 9.17) is 15.5 Å². The molecule has 3 N–H and O–H groups in total. The van der Waals surface area contributed by atoms with Crippen LogP contribution in [0.15, 0.2) is 16.7 Å². The highest BCUT2D eigenvalue weighted by molar-refractivity contribution is 5.63. The zero-order valence-corrected chi connectivity index (χ0v) is 9.14. The number of aromatic hydroxyl groups is 1. The molecule has 86 valence electrons. The summed E-state index contributed by atoms with van der Waals surface area (Å²) in [6.45, 7) is 1.86. The van der Waals surface area contributed by atoms with Gasteiger partial charge in [0.2, 0.25) is 11.7 Å². The van der Waals surface area contributed by atoms with Crippen LogP contribution in [-0.4, -0.2) is 15.2 Å². The van der Waals surface area contributed by atoms with E-state index in [9.17, 15) is 5.11 Å². The highest BCUT2D eigenvalue weighted by Gasteiger charge is 2.12. The lowest BCUT2D eigenvalue weighted by Gasteiger charge is -2.02. The van der Waals surface area contributed by atoms with E-state index in [1.165, 1.54) is 6.07 Å². The zero-order chi connectivity index (χ0) is 12.4. The summed E-state index contributed by atoms with van der Waals surface area (Å²) in [5, 5.41) is 22.2. The van der Waals surface area contributed by atoms with Crippen molar-refractivity contribution >= 4 is 0 Å². The lowest BCUT2D eigenvalue weighted by molar-refractivity contribution is 0.380. The van der Waals surface area contributed by atoms with Gasteiger partial charge in [-0.05, 0) is 24.6 Å². The Morgan fingerprint density at radius 2 is 2.29 bits per heavy atom. The molecule has 6 nitrogen and oxygen atoms in total. The first-order valence-corrected chi connectivity index (χ1v) is 4.92. The van der Waals surface area contributed by atoms with E-state index in [1.54, 1.807) is 13.0 Å². The second-order valence-electron chi connectivity index (χ2n) is 3.52. The number of phenols is 1. The predicted octanol–water partition coefficient (Wildman–Crippen LogP) is 1.08. The molecule has 0 amide bonds. The Kier molecular flexibility index (Phi) is 2.77. The topological polar surface area (TPSA) is 109 Å². The van der Waals surface area contributed by atoms with Crippen molar-refractivity contribution in [2.75, 3.05) is 0 Å². The van der Waals surface area contributed by atoms with Crippen LogP contribution in [0.5, 0.6) is 5.75 Å². The monoisotopic (exact) mass is 230 g/mol. The smallest absolute Gasteiger partial charge is 0.240 e. The quantitative estimate of drug-likeness (QED) is 0.798. The Labute approximate surface area is 97.3 Å². The predicted molar refractivity (Wildman–Crippen MR) is 58.7 cm³/mol. The molecule has 1 aromatic carbocycles. The van der Waals surface area contributed by atoms with Gasteiger partial charge in [-0.1, -0.05) is 5.16 Å². The molecule has 2 rings (SSSR count). The van der Waals surface area contributed by atoms with Gasteiger partial charge in [-0.15, -0.1) is 0 Å². The Morgan fingerprint density at radius 1 is 1.53 bits per heavy atom. The number of rotatable bonds is 2. The number of hydrogen-bond donors (Lipinski definition) is 2. The summed E-state index contributed by atoms with van der Waals surface area (Å²) in [5.41, 5.74) is 6.74. The van der Waals surface area contributed by atoms with Crippen LogP contribution in [0.25, 0.3) is 11.4 Å². The second-order valence-corrected chi connectivity index (χ2v) is 3.52. The lowest BCUT2D eigenvalue weighted by Crippen LogP contribution is -1.95. The number of benzene rings is 1. The molecule has 0 unspecified atom stereocenters. The van der Waals surface area contributed by atoms with Crippen molar-refractivity contribution in [1.82, 2.24) is 10.1 Å². The van der Waals surface area contributed by atoms with Crippen LogP contribution in [0.2, 0.25) is 0 Å². The number of aryl methyl sites for hydroxylation is 1. The fourth-order valence-corrected chi connectivity index (χ4v) is 1.45. The molecule has 0 spiro atoms. The van der Waals surface area contributed by atoms with Crippen LogP contribution < -0.4 is 5.73 Å². The maximum atomic E-state index is 9.61.